The van der Waals surface area contributed by atoms with Crippen LogP contribution in [-0.2, 0) is 0 Å². The molecule has 0 rings (SSSR count). The minimum absolute atomic E-state index is 0.263. The lowest BCUT2D eigenvalue weighted by Gasteiger charge is -2.18. The van der Waals surface area contributed by atoms with Crippen LogP contribution in [0.4, 0.5) is 0 Å². The first-order valence-electron chi connectivity index (χ1n) is 2.77. The minimum atomic E-state index is 0.263. The number of hydrogen-bond donors (Lipinski definition) is 1. The van der Waals surface area contributed by atoms with Gasteiger partial charge in [0.05, 0.1) is 13.6 Å². The molecule has 0 aromatic rings. The van der Waals surface area contributed by atoms with Crippen LogP contribution >= 0.6 is 0 Å². The Morgan fingerprint density at radius 3 is 2.12 bits per heavy atom. The molecular weight excluding hydrogens is 104 g/mol. The predicted octanol–water partition coefficient (Wildman–Crippen LogP) is -1.44. The Morgan fingerprint density at radius 1 is 1.50 bits per heavy atom. The van der Waals surface area contributed by atoms with Gasteiger partial charge in [-0.1, -0.05) is 0 Å². The van der Waals surface area contributed by atoms with Crippen LogP contribution in [-0.4, -0.2) is 39.1 Å². The van der Waals surface area contributed by atoms with Gasteiger partial charge in [-0.2, -0.15) is 0 Å². The van der Waals surface area contributed by atoms with Crippen LogP contribution < -0.4 is 5.06 Å². The molecule has 50 valence electrons. The number of rotatable bonds is 3. The number of nitrogens with one attached hydrogen (secondary N) is 1. The number of hydroxylamine groups is 2. The Morgan fingerprint density at radius 2 is 2.00 bits per heavy atom. The van der Waals surface area contributed by atoms with Crippen LogP contribution in [0.25, 0.3) is 0 Å². The average Bonchev–Trinajstić information content (AvgIpc) is 1.61. The molecule has 3 nitrogen and oxygen atoms in total. The predicted molar refractivity (Wildman–Crippen MR) is 33.7 cm³/mol. The third kappa shape index (κ3) is 5.88. The Kier molecular flexibility index (Phi) is 3.77. The minimum Gasteiger partial charge on any atom is -0.634 e. The summed E-state index contributed by atoms with van der Waals surface area (Å²) in [6.07, 6.45) is 0. The summed E-state index contributed by atoms with van der Waals surface area (Å²) in [6.45, 7) is 1.54. The molecule has 0 spiro atoms. The van der Waals surface area contributed by atoms with Crippen molar-refractivity contribution in [1.82, 2.24) is 4.90 Å². The lowest BCUT2D eigenvalue weighted by Crippen LogP contribution is -3.04. The highest BCUT2D eigenvalue weighted by atomic mass is 16.5. The molecule has 8 heavy (non-hydrogen) atoms. The SMILES string of the molecule is CN(C)CC[NH+](C)[O-]. The maximum atomic E-state index is 10.3. The Labute approximate surface area is 50.5 Å². The highest BCUT2D eigenvalue weighted by Crippen LogP contribution is 1.64. The molecule has 0 bridgehead atoms. The first kappa shape index (κ1) is 7.88. The summed E-state index contributed by atoms with van der Waals surface area (Å²) in [5, 5.41) is 10.6. The lowest BCUT2D eigenvalue weighted by atomic mass is 10.6. The Hall–Kier alpha value is -0.120. The fourth-order valence-corrected chi connectivity index (χ4v) is 0.381. The van der Waals surface area contributed by atoms with Gasteiger partial charge in [-0.05, 0) is 14.1 Å². The molecule has 0 radical (unpaired) electrons. The fraction of sp³-hybridized carbons (Fsp3) is 1.00. The second kappa shape index (κ2) is 3.83. The zero-order valence-electron chi connectivity index (χ0n) is 5.77. The summed E-state index contributed by atoms with van der Waals surface area (Å²) in [4.78, 5) is 2.00. The molecule has 3 heteroatoms. The molecule has 0 amide bonds. The van der Waals surface area contributed by atoms with E-state index in [2.05, 4.69) is 0 Å². The Balaban J connectivity index is 2.93. The van der Waals surface area contributed by atoms with Gasteiger partial charge in [-0.15, -0.1) is 0 Å². The van der Waals surface area contributed by atoms with Crippen LogP contribution in [0.1, 0.15) is 0 Å². The molecule has 1 atom stereocenters. The van der Waals surface area contributed by atoms with Gasteiger partial charge in [0.15, 0.2) is 0 Å². The van der Waals surface area contributed by atoms with E-state index in [0.717, 1.165) is 6.54 Å². The van der Waals surface area contributed by atoms with E-state index in [9.17, 15) is 5.21 Å². The summed E-state index contributed by atoms with van der Waals surface area (Å²) in [5.74, 6) is 0. The van der Waals surface area contributed by atoms with Crippen molar-refractivity contribution in [2.24, 2.45) is 0 Å². The van der Waals surface area contributed by atoms with Gasteiger partial charge in [0.1, 0.15) is 0 Å². The smallest absolute Gasteiger partial charge is 0.0895 e. The first-order chi connectivity index (χ1) is 3.63. The van der Waals surface area contributed by atoms with Crippen LogP contribution in [0.15, 0.2) is 0 Å². The second-order valence-corrected chi connectivity index (χ2v) is 2.26. The lowest BCUT2D eigenvalue weighted by molar-refractivity contribution is -0.825. The highest BCUT2D eigenvalue weighted by molar-refractivity contribution is 4.36. The van der Waals surface area contributed by atoms with E-state index in [1.165, 1.54) is 0 Å². The molecular formula is C5H14N2O. The van der Waals surface area contributed by atoms with Crippen LogP contribution in [0, 0.1) is 5.21 Å². The molecule has 0 aliphatic rings. The molecule has 1 unspecified atom stereocenters. The second-order valence-electron chi connectivity index (χ2n) is 2.26. The number of quaternary nitrogens is 1. The fourth-order valence-electron chi connectivity index (χ4n) is 0.381. The molecule has 1 N–H and O–H groups in total. The van der Waals surface area contributed by atoms with Crippen molar-refractivity contribution in [3.63, 3.8) is 0 Å². The third-order valence-electron chi connectivity index (χ3n) is 0.911. The molecule has 0 aromatic heterocycles. The van der Waals surface area contributed by atoms with E-state index < -0.39 is 0 Å². The monoisotopic (exact) mass is 118 g/mol. The van der Waals surface area contributed by atoms with E-state index in [1.807, 2.05) is 19.0 Å². The molecule has 0 fully saturated rings. The number of nitrogens with zero attached hydrogens (tertiary/aromatic N) is 1. The molecule has 0 saturated carbocycles. The first-order valence-corrected chi connectivity index (χ1v) is 2.77. The van der Waals surface area contributed by atoms with Crippen molar-refractivity contribution < 1.29 is 5.06 Å². The molecule has 0 aliphatic heterocycles. The zero-order chi connectivity index (χ0) is 6.57. The van der Waals surface area contributed by atoms with Gasteiger partial charge in [0.2, 0.25) is 0 Å². The summed E-state index contributed by atoms with van der Waals surface area (Å²) in [6, 6.07) is 0. The van der Waals surface area contributed by atoms with E-state index in [4.69, 9.17) is 0 Å². The van der Waals surface area contributed by atoms with Gasteiger partial charge in [-0.25, -0.2) is 0 Å². The normalized spacial score (nSPS) is 14.6. The van der Waals surface area contributed by atoms with Crippen molar-refractivity contribution >= 4 is 0 Å². The van der Waals surface area contributed by atoms with Gasteiger partial charge in [-0.3, -0.25) is 0 Å². The van der Waals surface area contributed by atoms with Crippen molar-refractivity contribution in [2.45, 2.75) is 0 Å². The summed E-state index contributed by atoms with van der Waals surface area (Å²) >= 11 is 0. The standard InChI is InChI=1S/C5H14N2O/c1-6(2)4-5-7(3)8/h7H,4-5H2,1-3H3. The number of likely N-dealkylation sites (N-methyl/N-ethyl adjacent to an activating group) is 2. The average molecular weight is 118 g/mol. The maximum Gasteiger partial charge on any atom is 0.0895 e. The number of hydrogen-bond acceptors (Lipinski definition) is 2. The van der Waals surface area contributed by atoms with E-state index in [-0.39, 0.29) is 5.06 Å². The van der Waals surface area contributed by atoms with Crippen LogP contribution in [0.5, 0.6) is 0 Å². The van der Waals surface area contributed by atoms with Gasteiger partial charge < -0.3 is 15.2 Å². The van der Waals surface area contributed by atoms with E-state index in [1.54, 1.807) is 7.05 Å². The molecule has 0 saturated heterocycles. The molecule has 0 aliphatic carbocycles. The maximum absolute atomic E-state index is 10.3. The van der Waals surface area contributed by atoms with Crippen molar-refractivity contribution in [3.05, 3.63) is 5.21 Å². The zero-order valence-corrected chi connectivity index (χ0v) is 5.77. The third-order valence-corrected chi connectivity index (χ3v) is 0.911. The largest absolute Gasteiger partial charge is 0.634 e. The van der Waals surface area contributed by atoms with E-state index in [0.29, 0.717) is 6.54 Å². The molecule has 0 heterocycles. The topological polar surface area (TPSA) is 30.7 Å². The van der Waals surface area contributed by atoms with Gasteiger partial charge in [0, 0.05) is 6.54 Å². The van der Waals surface area contributed by atoms with Gasteiger partial charge in [0.25, 0.3) is 0 Å². The highest BCUT2D eigenvalue weighted by Gasteiger charge is 1.89. The van der Waals surface area contributed by atoms with Crippen LogP contribution in [0.2, 0.25) is 0 Å². The van der Waals surface area contributed by atoms with Gasteiger partial charge >= 0.3 is 0 Å². The van der Waals surface area contributed by atoms with Crippen molar-refractivity contribution in [3.8, 4) is 0 Å². The van der Waals surface area contributed by atoms with Crippen molar-refractivity contribution in [2.75, 3.05) is 34.2 Å². The van der Waals surface area contributed by atoms with Crippen LogP contribution in [0.3, 0.4) is 0 Å². The molecule has 0 aromatic carbocycles. The quantitative estimate of drug-likeness (QED) is 0.460. The summed E-state index contributed by atoms with van der Waals surface area (Å²) in [5.41, 5.74) is 0. The summed E-state index contributed by atoms with van der Waals surface area (Å²) in [7, 11) is 5.54. The summed E-state index contributed by atoms with van der Waals surface area (Å²) < 4.78 is 0. The van der Waals surface area contributed by atoms with E-state index >= 15 is 0 Å². The Bertz CT molecular complexity index is 46.4. The van der Waals surface area contributed by atoms with Crippen molar-refractivity contribution in [1.29, 1.82) is 0 Å².